The second-order valence-corrected chi connectivity index (χ2v) is 4.50. The molecule has 0 saturated heterocycles. The number of carbonyl (C=O) groups is 2. The van der Waals surface area contributed by atoms with Crippen LogP contribution in [0.4, 0.5) is 11.4 Å². The number of nitro groups is 1. The first-order valence-electron chi connectivity index (χ1n) is 6.53. The van der Waals surface area contributed by atoms with Crippen LogP contribution < -0.4 is 15.8 Å². The number of nitrogens with one attached hydrogen (secondary N) is 1. The highest BCUT2D eigenvalue weighted by Crippen LogP contribution is 2.25. The van der Waals surface area contributed by atoms with Gasteiger partial charge in [0.1, 0.15) is 0 Å². The highest BCUT2D eigenvalue weighted by Gasteiger charge is 2.15. The molecule has 0 radical (unpaired) electrons. The number of anilines is 1. The van der Waals surface area contributed by atoms with Gasteiger partial charge in [0.25, 0.3) is 5.91 Å². The maximum atomic E-state index is 11.8. The maximum Gasteiger partial charge on any atom is 0.310 e. The van der Waals surface area contributed by atoms with Crippen LogP contribution in [0.25, 0.3) is 0 Å². The van der Waals surface area contributed by atoms with Crippen LogP contribution in [0.2, 0.25) is 0 Å². The molecular formula is C15H13N3O5. The number of para-hydroxylation sites is 2. The van der Waals surface area contributed by atoms with Gasteiger partial charge < -0.3 is 15.8 Å². The highest BCUT2D eigenvalue weighted by molar-refractivity contribution is 5.95. The predicted molar refractivity (Wildman–Crippen MR) is 82.2 cm³/mol. The van der Waals surface area contributed by atoms with E-state index >= 15 is 0 Å². The van der Waals surface area contributed by atoms with Crippen LogP contribution in [0.3, 0.4) is 0 Å². The summed E-state index contributed by atoms with van der Waals surface area (Å²) in [6, 6.07) is 11.8. The Labute approximate surface area is 131 Å². The lowest BCUT2D eigenvalue weighted by Gasteiger charge is -2.08. The Hall–Kier alpha value is -3.42. The predicted octanol–water partition coefficient (Wildman–Crippen LogP) is 1.71. The van der Waals surface area contributed by atoms with E-state index in [-0.39, 0.29) is 18.0 Å². The fraction of sp³-hybridized carbons (Fsp3) is 0.0667. The van der Waals surface area contributed by atoms with E-state index in [1.165, 1.54) is 42.5 Å². The van der Waals surface area contributed by atoms with E-state index in [9.17, 15) is 19.7 Å². The van der Waals surface area contributed by atoms with Crippen molar-refractivity contribution < 1.29 is 19.2 Å². The van der Waals surface area contributed by atoms with Crippen LogP contribution in [0.5, 0.6) is 5.75 Å². The summed E-state index contributed by atoms with van der Waals surface area (Å²) in [4.78, 5) is 33.0. The minimum atomic E-state index is -0.588. The summed E-state index contributed by atoms with van der Waals surface area (Å²) in [5, 5.41) is 13.4. The summed E-state index contributed by atoms with van der Waals surface area (Å²) in [6.07, 6.45) is 0. The van der Waals surface area contributed by atoms with Gasteiger partial charge in [-0.3, -0.25) is 19.7 Å². The van der Waals surface area contributed by atoms with Crippen molar-refractivity contribution in [1.29, 1.82) is 0 Å². The molecule has 0 aromatic heterocycles. The van der Waals surface area contributed by atoms with E-state index in [0.717, 1.165) is 0 Å². The van der Waals surface area contributed by atoms with Gasteiger partial charge in [-0.05, 0) is 30.3 Å². The summed E-state index contributed by atoms with van der Waals surface area (Å²) >= 11 is 0. The first kappa shape index (κ1) is 16.0. The second kappa shape index (κ2) is 7.03. The molecule has 0 spiro atoms. The molecule has 3 N–H and O–H groups in total. The maximum absolute atomic E-state index is 11.8. The van der Waals surface area contributed by atoms with E-state index in [0.29, 0.717) is 11.3 Å². The normalized spacial score (nSPS) is 9.91. The number of nitrogens with two attached hydrogens (primary N) is 1. The average molecular weight is 315 g/mol. The van der Waals surface area contributed by atoms with Gasteiger partial charge in [-0.15, -0.1) is 0 Å². The molecule has 0 fully saturated rings. The smallest absolute Gasteiger partial charge is 0.310 e. The van der Waals surface area contributed by atoms with Crippen LogP contribution >= 0.6 is 0 Å². The van der Waals surface area contributed by atoms with Gasteiger partial charge in [-0.2, -0.15) is 0 Å². The Morgan fingerprint density at radius 3 is 2.39 bits per heavy atom. The van der Waals surface area contributed by atoms with Crippen molar-refractivity contribution in [3.63, 3.8) is 0 Å². The van der Waals surface area contributed by atoms with Gasteiger partial charge in [0, 0.05) is 17.3 Å². The largest absolute Gasteiger partial charge is 0.477 e. The van der Waals surface area contributed by atoms with E-state index in [4.69, 9.17) is 10.5 Å². The molecule has 2 aromatic rings. The van der Waals surface area contributed by atoms with Crippen molar-refractivity contribution in [2.75, 3.05) is 11.9 Å². The lowest BCUT2D eigenvalue weighted by atomic mass is 10.2. The number of amides is 2. The fourth-order valence-electron chi connectivity index (χ4n) is 1.79. The summed E-state index contributed by atoms with van der Waals surface area (Å²) < 4.78 is 5.17. The number of benzene rings is 2. The Morgan fingerprint density at radius 1 is 1.13 bits per heavy atom. The van der Waals surface area contributed by atoms with Crippen LogP contribution in [0.1, 0.15) is 10.4 Å². The number of ether oxygens (including phenoxy) is 1. The molecule has 8 nitrogen and oxygen atoms in total. The number of nitrogens with zero attached hydrogens (tertiary/aromatic N) is 1. The van der Waals surface area contributed by atoms with Gasteiger partial charge in [0.15, 0.2) is 12.4 Å². The monoisotopic (exact) mass is 315 g/mol. The Morgan fingerprint density at radius 2 is 1.78 bits per heavy atom. The standard InChI is InChI=1S/C15H13N3O5/c16-15(20)10-5-7-11(8-6-10)17-14(19)9-23-13-4-2-1-3-12(13)18(21)22/h1-8H,9H2,(H2,16,20)(H,17,19). The van der Waals surface area contributed by atoms with Gasteiger partial charge in [-0.25, -0.2) is 0 Å². The lowest BCUT2D eigenvalue weighted by molar-refractivity contribution is -0.385. The summed E-state index contributed by atoms with van der Waals surface area (Å²) in [5.41, 5.74) is 5.67. The highest BCUT2D eigenvalue weighted by atomic mass is 16.6. The quantitative estimate of drug-likeness (QED) is 0.620. The minimum Gasteiger partial charge on any atom is -0.477 e. The number of nitro benzene ring substituents is 1. The molecule has 0 aliphatic rings. The van der Waals surface area contributed by atoms with Gasteiger partial charge >= 0.3 is 5.69 Å². The average Bonchev–Trinajstić information content (AvgIpc) is 2.53. The molecule has 2 aromatic carbocycles. The van der Waals surface area contributed by atoms with Crippen LogP contribution in [0, 0.1) is 10.1 Å². The van der Waals surface area contributed by atoms with Crippen molar-refractivity contribution in [2.45, 2.75) is 0 Å². The Kier molecular flexibility index (Phi) is 4.88. The molecule has 0 atom stereocenters. The molecule has 8 heteroatoms. The van der Waals surface area contributed by atoms with Crippen LogP contribution in [-0.2, 0) is 4.79 Å². The zero-order valence-corrected chi connectivity index (χ0v) is 11.9. The SMILES string of the molecule is NC(=O)c1ccc(NC(=O)COc2ccccc2[N+](=O)[O-])cc1. The molecular weight excluding hydrogens is 302 g/mol. The first-order valence-corrected chi connectivity index (χ1v) is 6.53. The Bertz CT molecular complexity index is 743. The number of rotatable bonds is 6. The molecule has 23 heavy (non-hydrogen) atoms. The number of primary amides is 1. The van der Waals surface area contributed by atoms with E-state index in [2.05, 4.69) is 5.32 Å². The van der Waals surface area contributed by atoms with Gasteiger partial charge in [-0.1, -0.05) is 12.1 Å². The van der Waals surface area contributed by atoms with Crippen molar-refractivity contribution >= 4 is 23.2 Å². The van der Waals surface area contributed by atoms with Crippen molar-refractivity contribution in [2.24, 2.45) is 5.73 Å². The number of carbonyl (C=O) groups excluding carboxylic acids is 2. The summed E-state index contributed by atoms with van der Waals surface area (Å²) in [7, 11) is 0. The van der Waals surface area contributed by atoms with E-state index in [1.807, 2.05) is 0 Å². The molecule has 0 heterocycles. The number of hydrogen-bond acceptors (Lipinski definition) is 5. The van der Waals surface area contributed by atoms with Crippen molar-refractivity contribution in [1.82, 2.24) is 0 Å². The third kappa shape index (κ3) is 4.27. The Balaban J connectivity index is 1.95. The van der Waals surface area contributed by atoms with Crippen LogP contribution in [-0.4, -0.2) is 23.3 Å². The first-order chi connectivity index (χ1) is 11.0. The van der Waals surface area contributed by atoms with Crippen molar-refractivity contribution in [3.8, 4) is 5.75 Å². The molecule has 0 aliphatic heterocycles. The summed E-state index contributed by atoms with van der Waals surface area (Å²) in [6.45, 7) is -0.386. The summed E-state index contributed by atoms with van der Waals surface area (Å²) in [5.74, 6) is -1.05. The van der Waals surface area contributed by atoms with E-state index in [1.54, 1.807) is 6.07 Å². The zero-order valence-electron chi connectivity index (χ0n) is 11.9. The molecule has 0 aliphatic carbocycles. The molecule has 0 bridgehead atoms. The lowest BCUT2D eigenvalue weighted by Crippen LogP contribution is -2.20. The molecule has 0 unspecified atom stereocenters. The minimum absolute atomic E-state index is 0.0109. The second-order valence-electron chi connectivity index (χ2n) is 4.50. The molecule has 118 valence electrons. The number of hydrogen-bond donors (Lipinski definition) is 2. The molecule has 2 amide bonds. The van der Waals surface area contributed by atoms with E-state index < -0.39 is 16.7 Å². The molecule has 2 rings (SSSR count). The van der Waals surface area contributed by atoms with Crippen LogP contribution in [0.15, 0.2) is 48.5 Å². The van der Waals surface area contributed by atoms with Crippen molar-refractivity contribution in [3.05, 3.63) is 64.2 Å². The third-order valence-corrected chi connectivity index (χ3v) is 2.87. The molecule has 0 saturated carbocycles. The van der Waals surface area contributed by atoms with Gasteiger partial charge in [0.2, 0.25) is 5.91 Å². The topological polar surface area (TPSA) is 125 Å². The van der Waals surface area contributed by atoms with Gasteiger partial charge in [0.05, 0.1) is 4.92 Å². The third-order valence-electron chi connectivity index (χ3n) is 2.87. The fourth-order valence-corrected chi connectivity index (χ4v) is 1.79. The zero-order chi connectivity index (χ0) is 16.8.